The van der Waals surface area contributed by atoms with Crippen LogP contribution in [0.2, 0.25) is 10.2 Å². The van der Waals surface area contributed by atoms with Crippen LogP contribution in [0.25, 0.3) is 0 Å². The molecule has 0 unspecified atom stereocenters. The number of halogens is 2. The molecule has 0 N–H and O–H groups in total. The van der Waals surface area contributed by atoms with Gasteiger partial charge in [-0.05, 0) is 13.0 Å². The second-order valence-electron chi connectivity index (χ2n) is 3.13. The van der Waals surface area contributed by atoms with E-state index in [0.717, 1.165) is 0 Å². The number of hydrogen-bond donors (Lipinski definition) is 0. The lowest BCUT2D eigenvalue weighted by Gasteiger charge is -2.05. The van der Waals surface area contributed by atoms with Gasteiger partial charge in [0.1, 0.15) is 5.15 Å². The van der Waals surface area contributed by atoms with Gasteiger partial charge in [0.15, 0.2) is 5.78 Å². The fraction of sp³-hybridized carbons (Fsp3) is 0.0769. The van der Waals surface area contributed by atoms with Crippen LogP contribution >= 0.6 is 23.2 Å². The smallest absolute Gasteiger partial charge is 0.197 e. The number of rotatable bonds is 4. The van der Waals surface area contributed by atoms with Crippen molar-refractivity contribution in [3.05, 3.63) is 64.5 Å². The number of allylic oxidation sites excluding steroid dienone is 5. The second-order valence-corrected chi connectivity index (χ2v) is 3.89. The van der Waals surface area contributed by atoms with E-state index in [1.807, 2.05) is 0 Å². The number of ketones is 1. The summed E-state index contributed by atoms with van der Waals surface area (Å²) in [5.74, 6) is -0.256. The number of hydrogen-bond acceptors (Lipinski definition) is 2. The zero-order chi connectivity index (χ0) is 12.8. The normalized spacial score (nSPS) is 11.8. The molecule has 17 heavy (non-hydrogen) atoms. The summed E-state index contributed by atoms with van der Waals surface area (Å²) >= 11 is 11.8. The fourth-order valence-electron chi connectivity index (χ4n) is 1.24. The molecular weight excluding hydrogens is 257 g/mol. The van der Waals surface area contributed by atoms with Crippen LogP contribution < -0.4 is 0 Å². The molecule has 88 valence electrons. The Morgan fingerprint density at radius 3 is 2.71 bits per heavy atom. The van der Waals surface area contributed by atoms with Gasteiger partial charge >= 0.3 is 0 Å². The van der Waals surface area contributed by atoms with E-state index >= 15 is 0 Å². The zero-order valence-corrected chi connectivity index (χ0v) is 10.8. The van der Waals surface area contributed by atoms with Gasteiger partial charge in [-0.3, -0.25) is 4.79 Å². The number of carbonyl (C=O) groups excluding carboxylic acids is 1. The standard InChI is InChI=1S/C13H11Cl2NO/c1-3-5-6-9(4-2)12(17)11-10(14)7-8-16-13(11)15/h3-8H,1H2,2H3/b6-5-,9-4+. The number of pyridine rings is 1. The predicted octanol–water partition coefficient (Wildman–Crippen LogP) is 4.26. The highest BCUT2D eigenvalue weighted by atomic mass is 35.5. The van der Waals surface area contributed by atoms with Crippen LogP contribution in [0.5, 0.6) is 0 Å². The maximum atomic E-state index is 12.2. The zero-order valence-electron chi connectivity index (χ0n) is 9.28. The summed E-state index contributed by atoms with van der Waals surface area (Å²) in [5, 5.41) is 0.398. The van der Waals surface area contributed by atoms with Crippen molar-refractivity contribution in [3.8, 4) is 0 Å². The van der Waals surface area contributed by atoms with Gasteiger partial charge in [-0.15, -0.1) is 0 Å². The Balaban J connectivity index is 3.20. The summed E-state index contributed by atoms with van der Waals surface area (Å²) in [7, 11) is 0. The molecule has 0 spiro atoms. The molecule has 0 bridgehead atoms. The highest BCUT2D eigenvalue weighted by Gasteiger charge is 2.17. The molecule has 4 heteroatoms. The molecule has 0 aliphatic carbocycles. The molecule has 0 saturated carbocycles. The largest absolute Gasteiger partial charge is 0.288 e. The van der Waals surface area contributed by atoms with Crippen molar-refractivity contribution in [1.82, 2.24) is 4.98 Å². The highest BCUT2D eigenvalue weighted by Crippen LogP contribution is 2.25. The molecule has 0 radical (unpaired) electrons. The van der Waals surface area contributed by atoms with Crippen molar-refractivity contribution >= 4 is 29.0 Å². The van der Waals surface area contributed by atoms with E-state index in [1.54, 1.807) is 31.2 Å². The molecule has 1 aromatic rings. The minimum absolute atomic E-state index is 0.105. The van der Waals surface area contributed by atoms with E-state index in [-0.39, 0.29) is 16.5 Å². The minimum atomic E-state index is -0.256. The number of Topliss-reactive ketones (excluding diaryl/α,β-unsaturated/α-hetero) is 1. The lowest BCUT2D eigenvalue weighted by molar-refractivity contribution is 0.103. The van der Waals surface area contributed by atoms with E-state index in [2.05, 4.69) is 11.6 Å². The van der Waals surface area contributed by atoms with Crippen LogP contribution in [0.3, 0.4) is 0 Å². The Morgan fingerprint density at radius 2 is 2.18 bits per heavy atom. The summed E-state index contributed by atoms with van der Waals surface area (Å²) in [6.45, 7) is 5.31. The average molecular weight is 268 g/mol. The Labute approximate surface area is 110 Å². The topological polar surface area (TPSA) is 30.0 Å². The lowest BCUT2D eigenvalue weighted by atomic mass is 10.0. The molecule has 1 heterocycles. The van der Waals surface area contributed by atoms with Crippen molar-refractivity contribution < 1.29 is 4.79 Å². The first-order valence-electron chi connectivity index (χ1n) is 4.92. The van der Waals surface area contributed by atoms with Crippen molar-refractivity contribution in [2.24, 2.45) is 0 Å². The average Bonchev–Trinajstić information content (AvgIpc) is 2.30. The molecule has 1 aromatic heterocycles. The van der Waals surface area contributed by atoms with Crippen LogP contribution in [0.15, 0.2) is 48.7 Å². The maximum absolute atomic E-state index is 12.2. The summed E-state index contributed by atoms with van der Waals surface area (Å²) in [4.78, 5) is 16.0. The van der Waals surface area contributed by atoms with Gasteiger partial charge < -0.3 is 0 Å². The monoisotopic (exact) mass is 267 g/mol. The fourth-order valence-corrected chi connectivity index (χ4v) is 1.76. The first kappa shape index (κ1) is 13.7. The number of carbonyl (C=O) groups is 1. The molecule has 2 nitrogen and oxygen atoms in total. The SMILES string of the molecule is C=C/C=C\C(=C/C)C(=O)c1c(Cl)ccnc1Cl. The first-order valence-corrected chi connectivity index (χ1v) is 5.67. The van der Waals surface area contributed by atoms with E-state index in [9.17, 15) is 4.79 Å². The summed E-state index contributed by atoms with van der Waals surface area (Å²) < 4.78 is 0. The first-order chi connectivity index (χ1) is 8.11. The van der Waals surface area contributed by atoms with E-state index in [4.69, 9.17) is 23.2 Å². The van der Waals surface area contributed by atoms with Crippen molar-refractivity contribution in [2.45, 2.75) is 6.92 Å². The van der Waals surface area contributed by atoms with Crippen LogP contribution in [-0.2, 0) is 0 Å². The van der Waals surface area contributed by atoms with Gasteiger partial charge in [-0.1, -0.05) is 54.1 Å². The maximum Gasteiger partial charge on any atom is 0.197 e. The van der Waals surface area contributed by atoms with E-state index in [1.165, 1.54) is 12.3 Å². The molecule has 0 aliphatic rings. The van der Waals surface area contributed by atoms with Crippen LogP contribution in [0.1, 0.15) is 17.3 Å². The van der Waals surface area contributed by atoms with Crippen molar-refractivity contribution in [1.29, 1.82) is 0 Å². The molecule has 0 amide bonds. The van der Waals surface area contributed by atoms with Crippen molar-refractivity contribution in [2.75, 3.05) is 0 Å². The van der Waals surface area contributed by atoms with Gasteiger partial charge in [0.05, 0.1) is 10.6 Å². The number of aromatic nitrogens is 1. The highest BCUT2D eigenvalue weighted by molar-refractivity contribution is 6.40. The van der Waals surface area contributed by atoms with Crippen molar-refractivity contribution in [3.63, 3.8) is 0 Å². The van der Waals surface area contributed by atoms with Gasteiger partial charge in [-0.2, -0.15) is 0 Å². The number of nitrogens with zero attached hydrogens (tertiary/aromatic N) is 1. The Bertz CT molecular complexity index is 484. The third kappa shape index (κ3) is 3.29. The molecule has 1 rings (SSSR count). The minimum Gasteiger partial charge on any atom is -0.288 e. The van der Waals surface area contributed by atoms with Gasteiger partial charge in [0.25, 0.3) is 0 Å². The van der Waals surface area contributed by atoms with E-state index < -0.39 is 0 Å². The third-order valence-electron chi connectivity index (χ3n) is 2.07. The molecule has 0 aliphatic heterocycles. The lowest BCUT2D eigenvalue weighted by Crippen LogP contribution is -2.04. The van der Waals surface area contributed by atoms with Crippen LogP contribution in [0, 0.1) is 0 Å². The Hall–Kier alpha value is -1.38. The van der Waals surface area contributed by atoms with Gasteiger partial charge in [0.2, 0.25) is 0 Å². The van der Waals surface area contributed by atoms with Gasteiger partial charge in [-0.25, -0.2) is 4.98 Å². The molecule has 0 atom stereocenters. The second kappa shape index (κ2) is 6.38. The van der Waals surface area contributed by atoms with E-state index in [0.29, 0.717) is 10.6 Å². The third-order valence-corrected chi connectivity index (χ3v) is 2.67. The Morgan fingerprint density at radius 1 is 1.47 bits per heavy atom. The molecule has 0 aromatic carbocycles. The summed E-state index contributed by atoms with van der Waals surface area (Å²) in [6.07, 6.45) is 8.04. The Kier molecular flexibility index (Phi) is 5.13. The quantitative estimate of drug-likeness (QED) is 0.353. The van der Waals surface area contributed by atoms with Gasteiger partial charge in [0, 0.05) is 11.8 Å². The molecule has 0 fully saturated rings. The summed E-state index contributed by atoms with van der Waals surface area (Å²) in [5.41, 5.74) is 0.708. The van der Waals surface area contributed by atoms with Crippen LogP contribution in [0.4, 0.5) is 0 Å². The van der Waals surface area contributed by atoms with Crippen LogP contribution in [-0.4, -0.2) is 10.8 Å². The predicted molar refractivity (Wildman–Crippen MR) is 71.7 cm³/mol. The molecular formula is C13H11Cl2NO. The molecule has 0 saturated heterocycles. The summed E-state index contributed by atoms with van der Waals surface area (Å²) in [6, 6.07) is 1.53.